The van der Waals surface area contributed by atoms with Crippen LogP contribution in [-0.2, 0) is 82.6 Å². The molecule has 0 amide bonds. The Bertz CT molecular complexity index is 4430. The molecule has 5 aliphatic rings. The Morgan fingerprint density at radius 3 is 1.02 bits per heavy atom. The minimum absolute atomic E-state index is 0.0154. The molecular formula is C78H96N3O10P3S3. The van der Waals surface area contributed by atoms with Gasteiger partial charge in [0.15, 0.2) is 0 Å². The molecule has 11 rings (SSSR count). The van der Waals surface area contributed by atoms with Crippen molar-refractivity contribution in [2.45, 2.75) is 218 Å². The monoisotopic (exact) mass is 1420 g/mol. The van der Waals surface area contributed by atoms with Gasteiger partial charge < -0.3 is 0 Å². The van der Waals surface area contributed by atoms with Crippen LogP contribution in [0.3, 0.4) is 0 Å². The predicted molar refractivity (Wildman–Crippen MR) is 408 cm³/mol. The molecule has 5 heterocycles. The number of fused-ring (bicyclic) bond motifs is 9. The van der Waals surface area contributed by atoms with Crippen molar-refractivity contribution in [1.82, 2.24) is 4.44 Å². The van der Waals surface area contributed by atoms with Crippen molar-refractivity contribution in [1.29, 1.82) is 0 Å². The number of carbonyl (C=O) groups is 2. The Hall–Kier alpha value is -6.20. The molecule has 13 nitrogen and oxygen atoms in total. The fourth-order valence-electron chi connectivity index (χ4n) is 14.0. The van der Waals surface area contributed by atoms with E-state index in [1.54, 1.807) is 4.44 Å². The van der Waals surface area contributed by atoms with Crippen LogP contribution in [0.1, 0.15) is 225 Å². The van der Waals surface area contributed by atoms with Gasteiger partial charge in [-0.05, 0) is 0 Å². The molecule has 0 aromatic heterocycles. The second-order valence-corrected chi connectivity index (χ2v) is 44.4. The molecule has 0 bridgehead atoms. The van der Waals surface area contributed by atoms with Crippen molar-refractivity contribution in [3.63, 3.8) is 0 Å². The van der Waals surface area contributed by atoms with E-state index in [0.717, 1.165) is 112 Å². The number of rotatable bonds is 4. The number of carbonyl (C=O) groups excluding carboxylic acids is 2. The van der Waals surface area contributed by atoms with Crippen LogP contribution in [-0.4, -0.2) is 46.1 Å². The van der Waals surface area contributed by atoms with E-state index in [4.69, 9.17) is 70.2 Å². The molecule has 19 heteroatoms. The van der Waals surface area contributed by atoms with E-state index in [2.05, 4.69) is 244 Å². The van der Waals surface area contributed by atoms with Crippen molar-refractivity contribution >= 4 is 83.5 Å². The first kappa shape index (κ1) is 72.1. The van der Waals surface area contributed by atoms with E-state index < -0.39 is 65.1 Å². The molecule has 1 fully saturated rings. The van der Waals surface area contributed by atoms with Gasteiger partial charge in [-0.3, -0.25) is 0 Å². The standard InChI is InChI=1S/C78H96N3O10P3S3/c1-43-27-49-39-50-28-44(2)34-56(74(10,11)12)64(50)87-92(86-63(49)55(33-43)73(7,8)9)69(72(83)85-26)61(71(82)84-25)62-70(80-93(96)88-65-51(29-45(3)35-57(65)75(13,14)15)40-52-30-46(4)36-58(66(52)89-93)76(16,17)18)97-94(79-42-95,81(62)92)90-67-53(31-47(5)37-59(67)77(19,20)21)41-54-32-48(6)38-60(68(54)91-94)78(22,23)24/h27-38H,39-41H2,1-26H3. The molecule has 6 aromatic carbocycles. The number of hydrogen-bond acceptors (Lipinski definition) is 15. The maximum absolute atomic E-state index is 16.5. The average molecular weight is 1420 g/mol. The molecule has 0 saturated carbocycles. The topological polar surface area (TPSA) is 136 Å². The minimum atomic E-state index is -6.16. The summed E-state index contributed by atoms with van der Waals surface area (Å²) in [5, 5.41) is 2.58. The van der Waals surface area contributed by atoms with Gasteiger partial charge in [0, 0.05) is 0 Å². The normalized spacial score (nSPS) is 18.4. The summed E-state index contributed by atoms with van der Waals surface area (Å²) in [6.07, 6.45) is 1.16. The maximum atomic E-state index is 16.5. The van der Waals surface area contributed by atoms with Crippen LogP contribution >= 0.6 is 44.3 Å². The third-order valence-corrected chi connectivity index (χ3v) is 30.9. The van der Waals surface area contributed by atoms with Crippen LogP contribution in [0.2, 0.25) is 0 Å². The second-order valence-electron chi connectivity index (χ2n) is 33.2. The van der Waals surface area contributed by atoms with Crippen molar-refractivity contribution < 1.29 is 46.2 Å². The van der Waals surface area contributed by atoms with Crippen LogP contribution in [0, 0.1) is 41.5 Å². The summed E-state index contributed by atoms with van der Waals surface area (Å²) in [5.74, 6) is 0.800. The summed E-state index contributed by atoms with van der Waals surface area (Å²) in [6.45, 7) is 40.4. The fourth-order valence-corrected chi connectivity index (χ4v) is 29.4. The van der Waals surface area contributed by atoms with Gasteiger partial charge in [0.1, 0.15) is 0 Å². The number of methoxy groups -OCH3 is 2. The molecule has 0 N–H and O–H groups in total. The first-order valence-electron chi connectivity index (χ1n) is 33.2. The third kappa shape index (κ3) is 12.7. The van der Waals surface area contributed by atoms with Gasteiger partial charge in [-0.25, -0.2) is 0 Å². The van der Waals surface area contributed by atoms with E-state index in [1.165, 1.54) is 14.2 Å². The van der Waals surface area contributed by atoms with Gasteiger partial charge in [0.2, 0.25) is 0 Å². The molecular weight excluding hydrogens is 1330 g/mol. The van der Waals surface area contributed by atoms with E-state index in [1.807, 2.05) is 0 Å². The van der Waals surface area contributed by atoms with Crippen LogP contribution in [0.5, 0.6) is 34.5 Å². The molecule has 0 radical (unpaired) electrons. The molecule has 1 saturated heterocycles. The Morgan fingerprint density at radius 2 is 0.742 bits per heavy atom. The van der Waals surface area contributed by atoms with E-state index in [9.17, 15) is 0 Å². The predicted octanol–water partition coefficient (Wildman–Crippen LogP) is 21.3. The molecule has 0 unspecified atom stereocenters. The first-order chi connectivity index (χ1) is 44.7. The van der Waals surface area contributed by atoms with E-state index in [0.29, 0.717) is 53.8 Å². The summed E-state index contributed by atoms with van der Waals surface area (Å²) in [7, 11) is -2.46. The molecule has 6 aromatic rings. The van der Waals surface area contributed by atoms with E-state index >= 15 is 9.59 Å². The van der Waals surface area contributed by atoms with Crippen molar-refractivity contribution in [2.75, 3.05) is 14.2 Å². The number of isothiocyanates is 1. The second kappa shape index (κ2) is 24.0. The van der Waals surface area contributed by atoms with Crippen molar-refractivity contribution in [3.8, 4) is 34.5 Å². The molecule has 0 atom stereocenters. The SMILES string of the molecule is COC(=O)C1=C2C(=NP3(=S)Oc4c(cc(C)cc4C(C)(C)C)Cc4cc(C)cc(C(C)(C)C)c4O3)SP3(N=C=S)(Oc4c(cc(C)cc4C(C)(C)C)Cc4cc(C)cc(C(C)(C)C)c4O3)N2P2(=C1C(=O)OC)Oc1c(cc(C)cc1C(C)(C)C)Cc1cc(C)cc(C(C)(C)C)c1O2. The number of nitrogens with zero attached hydrogens (tertiary/aromatic N) is 3. The summed E-state index contributed by atoms with van der Waals surface area (Å²) >= 11 is 14.4. The summed E-state index contributed by atoms with van der Waals surface area (Å²) in [6, 6.07) is 25.6. The number of aryl methyl sites for hydroxylation is 6. The number of esters is 2. The Kier molecular flexibility index (Phi) is 17.8. The molecule has 2 spiro atoms. The zero-order valence-corrected chi connectivity index (χ0v) is 66.7. The van der Waals surface area contributed by atoms with Crippen molar-refractivity contribution in [2.24, 2.45) is 9.53 Å². The number of ether oxygens (including phenoxy) is 2. The Morgan fingerprint density at radius 1 is 0.464 bits per heavy atom. The zero-order valence-electron chi connectivity index (χ0n) is 61.5. The van der Waals surface area contributed by atoms with Gasteiger partial charge >= 0.3 is 595 Å². The number of hydrogen-bond donors (Lipinski definition) is 0. The van der Waals surface area contributed by atoms with Crippen LogP contribution in [0.4, 0.5) is 0 Å². The average Bonchev–Trinajstić information content (AvgIpc) is 1.49. The summed E-state index contributed by atoms with van der Waals surface area (Å²) in [5.41, 5.74) is 12.2. The van der Waals surface area contributed by atoms with E-state index in [-0.39, 0.29) is 21.6 Å². The summed E-state index contributed by atoms with van der Waals surface area (Å²) < 4.78 is 74.6. The molecule has 516 valence electrons. The number of benzene rings is 6. The van der Waals surface area contributed by atoms with Gasteiger partial charge in [-0.2, -0.15) is 0 Å². The Labute approximate surface area is 590 Å². The first-order valence-corrected chi connectivity index (χ1v) is 41.2. The molecule has 0 aliphatic carbocycles. The third-order valence-electron chi connectivity index (χ3n) is 18.3. The van der Waals surface area contributed by atoms with Crippen LogP contribution < -0.4 is 27.1 Å². The van der Waals surface area contributed by atoms with Gasteiger partial charge in [0.25, 0.3) is 0 Å². The molecule has 97 heavy (non-hydrogen) atoms. The van der Waals surface area contributed by atoms with Gasteiger partial charge in [-0.15, -0.1) is 0 Å². The Balaban J connectivity index is 1.44. The van der Waals surface area contributed by atoms with Gasteiger partial charge in [-0.1, -0.05) is 0 Å². The quantitative estimate of drug-likeness (QED) is 0.0717. The fraction of sp³-hybridized carbons (Fsp3) is 0.449. The van der Waals surface area contributed by atoms with Gasteiger partial charge in [0.05, 0.1) is 0 Å². The number of thiocarbonyl (C=S) groups is 1. The molecule has 5 aliphatic heterocycles. The van der Waals surface area contributed by atoms with Crippen LogP contribution in [0.25, 0.3) is 0 Å². The summed E-state index contributed by atoms with van der Waals surface area (Å²) in [4.78, 5) is 32.8. The van der Waals surface area contributed by atoms with Crippen LogP contribution in [0.15, 0.2) is 93.6 Å². The van der Waals surface area contributed by atoms with Crippen molar-refractivity contribution in [3.05, 3.63) is 184 Å². The zero-order chi connectivity index (χ0) is 71.4.